The zero-order valence-electron chi connectivity index (χ0n) is 26.2. The second kappa shape index (κ2) is 13.1. The summed E-state index contributed by atoms with van der Waals surface area (Å²) >= 11 is 0. The number of hydrogen-bond donors (Lipinski definition) is 7. The van der Waals surface area contributed by atoms with E-state index in [1.54, 1.807) is 18.2 Å². The van der Waals surface area contributed by atoms with Crippen molar-refractivity contribution in [1.82, 2.24) is 9.72 Å². The van der Waals surface area contributed by atoms with Crippen LogP contribution in [0.4, 0.5) is 0 Å². The van der Waals surface area contributed by atoms with Crippen LogP contribution in [0.25, 0.3) is 39.1 Å². The number of carbonyl (C=O) groups excluding carboxylic acids is 2. The largest absolute Gasteiger partial charge is 0.546 e. The Bertz CT molecular complexity index is 2450. The Labute approximate surface area is 286 Å². The molecule has 262 valence electrons. The highest BCUT2D eigenvalue weighted by molar-refractivity contribution is 7.54. The van der Waals surface area contributed by atoms with Crippen molar-refractivity contribution in [1.29, 1.82) is 0 Å². The standard InChI is InChI=1S/C34H28N3O13P/c38-20-5-8-24-27(12-20)50-28-13-21(39)6-9-25(28)30(24)26-11-18(4-7-23(26)32(42)43)31(41)35-15-22(40)17-36-16-19(37-10-2-1-3-29(36)37)14-34(46,33(44)45)51(47,48)49/h1-13,16,22,40,46H,14-15,17H2,(H5-,35,38,39,41,42,43,44,45,47,48,49). The summed E-state index contributed by atoms with van der Waals surface area (Å²) in [6.07, 6.45) is 0.448. The van der Waals surface area contributed by atoms with E-state index in [-0.39, 0.29) is 58.0 Å². The van der Waals surface area contributed by atoms with Crippen LogP contribution in [-0.2, 0) is 22.3 Å². The molecule has 3 heterocycles. The van der Waals surface area contributed by atoms with Crippen LogP contribution in [0, 0.1) is 0 Å². The molecule has 6 rings (SSSR count). The molecule has 0 radical (unpaired) electrons. The van der Waals surface area contributed by atoms with Gasteiger partial charge in [-0.15, -0.1) is 0 Å². The fraction of sp³-hybridized carbons (Fsp3) is 0.147. The van der Waals surface area contributed by atoms with Crippen molar-refractivity contribution < 1.29 is 63.3 Å². The molecule has 17 heteroatoms. The van der Waals surface area contributed by atoms with Crippen LogP contribution in [-0.4, -0.2) is 70.5 Å². The van der Waals surface area contributed by atoms with E-state index < -0.39 is 43.3 Å². The number of carbonyl (C=O) groups is 3. The van der Waals surface area contributed by atoms with Gasteiger partial charge in [-0.05, 0) is 54.1 Å². The predicted molar refractivity (Wildman–Crippen MR) is 175 cm³/mol. The third-order valence-corrected chi connectivity index (χ3v) is 9.65. The fourth-order valence-corrected chi connectivity index (χ4v) is 6.48. The van der Waals surface area contributed by atoms with Gasteiger partial charge < -0.3 is 49.8 Å². The van der Waals surface area contributed by atoms with Gasteiger partial charge in [-0.3, -0.25) is 14.2 Å². The van der Waals surface area contributed by atoms with Crippen LogP contribution in [0.5, 0.6) is 5.75 Å². The molecule has 0 saturated carbocycles. The van der Waals surface area contributed by atoms with E-state index in [0.717, 1.165) is 0 Å². The Morgan fingerprint density at radius 1 is 1.02 bits per heavy atom. The number of fused-ring (bicyclic) bond motifs is 3. The molecule has 2 aromatic carbocycles. The second-order valence-electron chi connectivity index (χ2n) is 11.8. The molecule has 51 heavy (non-hydrogen) atoms. The lowest BCUT2D eigenvalue weighted by Gasteiger charge is -2.28. The number of phenols is 1. The first-order valence-corrected chi connectivity index (χ1v) is 16.7. The summed E-state index contributed by atoms with van der Waals surface area (Å²) in [4.78, 5) is 68.5. The molecule has 7 N–H and O–H groups in total. The van der Waals surface area contributed by atoms with Crippen LogP contribution >= 0.6 is 7.60 Å². The van der Waals surface area contributed by atoms with E-state index in [1.165, 1.54) is 76.0 Å². The van der Waals surface area contributed by atoms with Gasteiger partial charge in [-0.1, -0.05) is 6.07 Å². The van der Waals surface area contributed by atoms with Crippen LogP contribution in [0.3, 0.4) is 0 Å². The molecular formula is C34H28N3O13P. The zero-order chi connectivity index (χ0) is 36.8. The van der Waals surface area contributed by atoms with E-state index >= 15 is 0 Å². The van der Waals surface area contributed by atoms with Gasteiger partial charge in [0, 0.05) is 46.8 Å². The molecule has 1 amide bonds. The number of aromatic hydroxyl groups is 1. The number of aliphatic hydroxyl groups excluding tert-OH is 1. The summed E-state index contributed by atoms with van der Waals surface area (Å²) in [6, 6.07) is 16.8. The number of carboxylic acid groups (broad SMARTS) is 2. The third-order valence-electron chi connectivity index (χ3n) is 8.35. The van der Waals surface area contributed by atoms with Crippen LogP contribution in [0.15, 0.2) is 94.4 Å². The minimum absolute atomic E-state index is 0.0202. The summed E-state index contributed by atoms with van der Waals surface area (Å²) in [6.45, 7) is -0.523. The summed E-state index contributed by atoms with van der Waals surface area (Å²) in [7, 11) is -5.60. The Kier molecular flexibility index (Phi) is 8.97. The number of hydrogen-bond acceptors (Lipinski definition) is 10. The Hall–Kier alpha value is -5.90. The van der Waals surface area contributed by atoms with Crippen molar-refractivity contribution >= 4 is 42.1 Å². The van der Waals surface area contributed by atoms with Gasteiger partial charge in [0.1, 0.15) is 35.9 Å². The molecule has 4 aromatic rings. The molecule has 0 spiro atoms. The predicted octanol–water partition coefficient (Wildman–Crippen LogP) is 0.458. The van der Waals surface area contributed by atoms with E-state index in [9.17, 15) is 59.1 Å². The van der Waals surface area contributed by atoms with E-state index in [2.05, 4.69) is 5.32 Å². The first-order valence-electron chi connectivity index (χ1n) is 15.1. The van der Waals surface area contributed by atoms with Gasteiger partial charge >= 0.3 is 13.6 Å². The van der Waals surface area contributed by atoms with E-state index in [0.29, 0.717) is 22.2 Å². The quantitative estimate of drug-likeness (QED) is 0.0546. The topological polar surface area (TPSA) is 263 Å². The maximum absolute atomic E-state index is 13.4. The van der Waals surface area contributed by atoms with Crippen molar-refractivity contribution in [2.75, 3.05) is 6.54 Å². The lowest BCUT2D eigenvalue weighted by Crippen LogP contribution is -2.49. The Morgan fingerprint density at radius 2 is 1.78 bits per heavy atom. The van der Waals surface area contributed by atoms with Crippen LogP contribution in [0.2, 0.25) is 0 Å². The molecule has 16 nitrogen and oxygen atoms in total. The molecular weight excluding hydrogens is 689 g/mol. The molecule has 2 aliphatic rings. The van der Waals surface area contributed by atoms with Gasteiger partial charge in [-0.25, -0.2) is 9.36 Å². The molecule has 0 fully saturated rings. The number of aliphatic hydroxyl groups is 2. The maximum atomic E-state index is 13.4. The first kappa shape index (κ1) is 34.9. The van der Waals surface area contributed by atoms with Gasteiger partial charge in [0.05, 0.1) is 24.2 Å². The van der Waals surface area contributed by atoms with Crippen molar-refractivity contribution in [3.05, 3.63) is 112 Å². The van der Waals surface area contributed by atoms with Crippen molar-refractivity contribution in [2.45, 2.75) is 24.4 Å². The lowest BCUT2D eigenvalue weighted by atomic mass is 9.89. The average molecular weight is 718 g/mol. The van der Waals surface area contributed by atoms with Crippen molar-refractivity contribution in [3.63, 3.8) is 0 Å². The first-order chi connectivity index (χ1) is 24.1. The molecule has 1 aliphatic heterocycles. The van der Waals surface area contributed by atoms with E-state index in [1.807, 2.05) is 0 Å². The SMILES string of the molecule is O=C(NCC(O)C[n+]1cc(CC(O)(C(=O)[O-])P(=O)(O)O)n2ccccc21)c1ccc(C(=O)O)c(-c2c3ccc(=O)cc-3oc3cc(O)ccc23)c1. The van der Waals surface area contributed by atoms with Gasteiger partial charge in [0.15, 0.2) is 11.1 Å². The highest BCUT2D eigenvalue weighted by Gasteiger charge is 2.49. The molecule has 0 saturated heterocycles. The number of benzene rings is 3. The minimum atomic E-state index is -5.60. The normalized spacial score (nSPS) is 13.6. The number of nitrogens with zero attached hydrogens (tertiary/aromatic N) is 2. The number of aromatic nitrogens is 2. The zero-order valence-corrected chi connectivity index (χ0v) is 27.1. The number of aromatic carboxylic acids is 1. The third kappa shape index (κ3) is 6.57. The number of imidazole rings is 1. The minimum Gasteiger partial charge on any atom is -0.546 e. The summed E-state index contributed by atoms with van der Waals surface area (Å²) in [5, 5.41) is 52.4. The summed E-state index contributed by atoms with van der Waals surface area (Å²) < 4.78 is 20.5. The smallest absolute Gasteiger partial charge is 0.363 e. The number of phenolic OH excluding ortho intramolecular Hbond substituents is 1. The second-order valence-corrected chi connectivity index (χ2v) is 13.6. The van der Waals surface area contributed by atoms with Crippen molar-refractivity contribution in [3.8, 4) is 28.2 Å². The van der Waals surface area contributed by atoms with Gasteiger partial charge in [-0.2, -0.15) is 4.40 Å². The Morgan fingerprint density at radius 3 is 2.49 bits per heavy atom. The molecule has 2 atom stereocenters. The summed E-state index contributed by atoms with van der Waals surface area (Å²) in [5.74, 6) is -4.37. The monoisotopic (exact) mass is 717 g/mol. The highest BCUT2D eigenvalue weighted by Crippen LogP contribution is 2.50. The molecule has 2 unspecified atom stereocenters. The lowest BCUT2D eigenvalue weighted by molar-refractivity contribution is -0.678. The average Bonchev–Trinajstić information content (AvgIpc) is 3.41. The van der Waals surface area contributed by atoms with Crippen molar-refractivity contribution in [2.24, 2.45) is 0 Å². The van der Waals surface area contributed by atoms with Crippen LogP contribution < -0.4 is 20.4 Å². The number of rotatable bonds is 11. The number of nitrogens with one attached hydrogen (secondary N) is 1. The van der Waals surface area contributed by atoms with Gasteiger partial charge in [0.2, 0.25) is 5.34 Å². The van der Waals surface area contributed by atoms with Crippen LogP contribution in [0.1, 0.15) is 26.4 Å². The molecule has 2 aromatic heterocycles. The summed E-state index contributed by atoms with van der Waals surface area (Å²) in [5.41, 5.74) is 0.772. The maximum Gasteiger partial charge on any atom is 0.363 e. The number of carboxylic acids is 2. The fourth-order valence-electron chi connectivity index (χ4n) is 5.88. The Balaban J connectivity index is 1.29. The van der Waals surface area contributed by atoms with E-state index in [4.69, 9.17) is 4.42 Å². The highest BCUT2D eigenvalue weighted by atomic mass is 31.2. The number of pyridine rings is 1. The number of aliphatic carboxylic acids is 1. The molecule has 0 bridgehead atoms. The molecule has 1 aliphatic carbocycles. The number of amides is 1. The van der Waals surface area contributed by atoms with Gasteiger partial charge in [0.25, 0.3) is 11.6 Å².